The number of hydrogen-bond donors (Lipinski definition) is 0. The molecule has 1 atom stereocenters. The minimum absolute atomic E-state index is 0.187. The summed E-state index contributed by atoms with van der Waals surface area (Å²) in [6.07, 6.45) is 0.800. The van der Waals surface area contributed by atoms with Crippen LogP contribution in [0.4, 0.5) is 0 Å². The standard InChI is InChI=1S/C21H25ClN2O2/c22-20-8-6-19(7-9-20)21(18-4-2-1-3-5-18)24-12-10-23(11-13-24)14-16-26-17-15-25/h1-9,15,21H,10-14,16-17H2. The van der Waals surface area contributed by atoms with Gasteiger partial charge in [-0.05, 0) is 23.3 Å². The van der Waals surface area contributed by atoms with E-state index in [2.05, 4.69) is 52.3 Å². The molecule has 2 aromatic carbocycles. The van der Waals surface area contributed by atoms with E-state index in [1.54, 1.807) is 0 Å². The van der Waals surface area contributed by atoms with Gasteiger partial charge in [-0.15, -0.1) is 0 Å². The van der Waals surface area contributed by atoms with Gasteiger partial charge in [0.05, 0.1) is 12.6 Å². The second kappa shape index (κ2) is 9.83. The number of piperazine rings is 1. The predicted molar refractivity (Wildman–Crippen MR) is 105 cm³/mol. The number of nitrogens with zero attached hydrogens (tertiary/aromatic N) is 2. The van der Waals surface area contributed by atoms with Gasteiger partial charge in [-0.25, -0.2) is 0 Å². The van der Waals surface area contributed by atoms with Crippen LogP contribution < -0.4 is 0 Å². The van der Waals surface area contributed by atoms with E-state index in [4.69, 9.17) is 16.3 Å². The van der Waals surface area contributed by atoms with Gasteiger partial charge in [0.25, 0.3) is 0 Å². The van der Waals surface area contributed by atoms with E-state index in [1.165, 1.54) is 11.1 Å². The van der Waals surface area contributed by atoms with E-state index >= 15 is 0 Å². The highest BCUT2D eigenvalue weighted by molar-refractivity contribution is 6.30. The Bertz CT molecular complexity index is 670. The molecule has 26 heavy (non-hydrogen) atoms. The largest absolute Gasteiger partial charge is 0.373 e. The van der Waals surface area contributed by atoms with Gasteiger partial charge in [-0.3, -0.25) is 9.80 Å². The van der Waals surface area contributed by atoms with Crippen LogP contribution in [0.3, 0.4) is 0 Å². The highest BCUT2D eigenvalue weighted by Crippen LogP contribution is 2.30. The Hall–Kier alpha value is -1.72. The van der Waals surface area contributed by atoms with E-state index < -0.39 is 0 Å². The summed E-state index contributed by atoms with van der Waals surface area (Å²) in [5.74, 6) is 0. The van der Waals surface area contributed by atoms with E-state index in [0.717, 1.165) is 44.0 Å². The zero-order valence-corrected chi connectivity index (χ0v) is 15.6. The van der Waals surface area contributed by atoms with Crippen molar-refractivity contribution < 1.29 is 9.53 Å². The second-order valence-corrected chi connectivity index (χ2v) is 6.92. The van der Waals surface area contributed by atoms with Crippen molar-refractivity contribution in [2.45, 2.75) is 6.04 Å². The lowest BCUT2D eigenvalue weighted by molar-refractivity contribution is -0.112. The van der Waals surface area contributed by atoms with E-state index in [-0.39, 0.29) is 12.6 Å². The van der Waals surface area contributed by atoms with Gasteiger partial charge in [-0.2, -0.15) is 0 Å². The molecule has 0 N–H and O–H groups in total. The fourth-order valence-electron chi connectivity index (χ4n) is 3.46. The summed E-state index contributed by atoms with van der Waals surface area (Å²) in [4.78, 5) is 15.2. The topological polar surface area (TPSA) is 32.8 Å². The van der Waals surface area contributed by atoms with Crippen LogP contribution in [-0.2, 0) is 9.53 Å². The first-order chi connectivity index (χ1) is 12.8. The lowest BCUT2D eigenvalue weighted by Crippen LogP contribution is -2.48. The Labute approximate surface area is 160 Å². The van der Waals surface area contributed by atoms with Gasteiger partial charge in [0.1, 0.15) is 12.9 Å². The summed E-state index contributed by atoms with van der Waals surface area (Å²) in [5.41, 5.74) is 2.57. The van der Waals surface area contributed by atoms with Crippen molar-refractivity contribution in [2.75, 3.05) is 45.9 Å². The van der Waals surface area contributed by atoms with Crippen LogP contribution in [0.5, 0.6) is 0 Å². The highest BCUT2D eigenvalue weighted by atomic mass is 35.5. The van der Waals surface area contributed by atoms with Crippen molar-refractivity contribution in [3.8, 4) is 0 Å². The Morgan fingerprint density at radius 2 is 1.62 bits per heavy atom. The maximum Gasteiger partial charge on any atom is 0.145 e. The normalized spacial score (nSPS) is 17.1. The lowest BCUT2D eigenvalue weighted by Gasteiger charge is -2.39. The monoisotopic (exact) mass is 372 g/mol. The minimum atomic E-state index is 0.187. The molecule has 0 aliphatic carbocycles. The second-order valence-electron chi connectivity index (χ2n) is 6.48. The number of benzene rings is 2. The van der Waals surface area contributed by atoms with Crippen molar-refractivity contribution in [3.63, 3.8) is 0 Å². The van der Waals surface area contributed by atoms with Crippen LogP contribution in [0.2, 0.25) is 5.02 Å². The average Bonchev–Trinajstić information content (AvgIpc) is 2.69. The molecule has 1 heterocycles. The minimum Gasteiger partial charge on any atom is -0.373 e. The van der Waals surface area contributed by atoms with E-state index in [0.29, 0.717) is 6.61 Å². The van der Waals surface area contributed by atoms with Crippen LogP contribution in [0.1, 0.15) is 17.2 Å². The number of aldehydes is 1. The maximum absolute atomic E-state index is 10.3. The maximum atomic E-state index is 10.3. The van der Waals surface area contributed by atoms with Gasteiger partial charge < -0.3 is 9.53 Å². The van der Waals surface area contributed by atoms with E-state index in [1.807, 2.05) is 12.1 Å². The Kier molecular flexibility index (Phi) is 7.21. The molecule has 1 unspecified atom stereocenters. The highest BCUT2D eigenvalue weighted by Gasteiger charge is 2.26. The molecule has 0 amide bonds. The third kappa shape index (κ3) is 5.15. The van der Waals surface area contributed by atoms with Crippen molar-refractivity contribution in [2.24, 2.45) is 0 Å². The zero-order chi connectivity index (χ0) is 18.2. The van der Waals surface area contributed by atoms with Gasteiger partial charge in [0.2, 0.25) is 0 Å². The predicted octanol–water partition coefficient (Wildman–Crippen LogP) is 3.26. The summed E-state index contributed by atoms with van der Waals surface area (Å²) in [5, 5.41) is 0.765. The van der Waals surface area contributed by atoms with Crippen molar-refractivity contribution in [1.82, 2.24) is 9.80 Å². The molecule has 5 heteroatoms. The fraction of sp³-hybridized carbons (Fsp3) is 0.381. The molecule has 1 aliphatic rings. The number of ether oxygens (including phenoxy) is 1. The zero-order valence-electron chi connectivity index (χ0n) is 14.9. The van der Waals surface area contributed by atoms with Crippen molar-refractivity contribution in [1.29, 1.82) is 0 Å². The third-order valence-corrected chi connectivity index (χ3v) is 5.06. The summed E-state index contributed by atoms with van der Waals surface area (Å²) in [6.45, 7) is 5.66. The van der Waals surface area contributed by atoms with Crippen LogP contribution in [0.15, 0.2) is 54.6 Å². The first kappa shape index (κ1) is 19.1. The number of carbonyl (C=O) groups is 1. The number of hydrogen-bond acceptors (Lipinski definition) is 4. The van der Waals surface area contributed by atoms with Crippen LogP contribution in [0, 0.1) is 0 Å². The molecular weight excluding hydrogens is 348 g/mol. The molecule has 3 rings (SSSR count). The Morgan fingerprint density at radius 1 is 0.962 bits per heavy atom. The summed E-state index contributed by atoms with van der Waals surface area (Å²) in [7, 11) is 0. The summed E-state index contributed by atoms with van der Waals surface area (Å²) >= 11 is 6.08. The lowest BCUT2D eigenvalue weighted by atomic mass is 9.96. The number of carbonyl (C=O) groups excluding carboxylic acids is 1. The fourth-order valence-corrected chi connectivity index (χ4v) is 3.59. The number of rotatable bonds is 8. The molecule has 4 nitrogen and oxygen atoms in total. The molecule has 0 saturated carbocycles. The Balaban J connectivity index is 1.67. The van der Waals surface area contributed by atoms with E-state index in [9.17, 15) is 4.79 Å². The van der Waals surface area contributed by atoms with Gasteiger partial charge in [0.15, 0.2) is 0 Å². The van der Waals surface area contributed by atoms with Gasteiger partial charge >= 0.3 is 0 Å². The molecule has 1 aliphatic heterocycles. The molecule has 2 aromatic rings. The van der Waals surface area contributed by atoms with Crippen molar-refractivity contribution >= 4 is 17.9 Å². The molecule has 1 fully saturated rings. The van der Waals surface area contributed by atoms with Gasteiger partial charge in [-0.1, -0.05) is 54.1 Å². The molecular formula is C21H25ClN2O2. The SMILES string of the molecule is O=CCOCCN1CCN(C(c2ccccc2)c2ccc(Cl)cc2)CC1. The molecule has 0 spiro atoms. The average molecular weight is 373 g/mol. The molecule has 0 bridgehead atoms. The van der Waals surface area contributed by atoms with Crippen molar-refractivity contribution in [3.05, 3.63) is 70.7 Å². The van der Waals surface area contributed by atoms with Gasteiger partial charge in [0, 0.05) is 37.7 Å². The first-order valence-electron chi connectivity index (χ1n) is 9.06. The number of halogens is 1. The Morgan fingerprint density at radius 3 is 2.27 bits per heavy atom. The first-order valence-corrected chi connectivity index (χ1v) is 9.44. The molecule has 1 saturated heterocycles. The van der Waals surface area contributed by atoms with Crippen LogP contribution >= 0.6 is 11.6 Å². The summed E-state index contributed by atoms with van der Waals surface area (Å²) in [6, 6.07) is 19.1. The smallest absolute Gasteiger partial charge is 0.145 e. The third-order valence-electron chi connectivity index (χ3n) is 4.81. The summed E-state index contributed by atoms with van der Waals surface area (Å²) < 4.78 is 5.27. The molecule has 0 radical (unpaired) electrons. The quantitative estimate of drug-likeness (QED) is 0.526. The molecule has 0 aromatic heterocycles. The van der Waals surface area contributed by atoms with Crippen LogP contribution in [0.25, 0.3) is 0 Å². The van der Waals surface area contributed by atoms with Crippen LogP contribution in [-0.4, -0.2) is 62.0 Å². The molecule has 138 valence electrons.